The third kappa shape index (κ3) is 3.85. The van der Waals surface area contributed by atoms with Crippen LogP contribution in [0.25, 0.3) is 11.5 Å². The lowest BCUT2D eigenvalue weighted by Crippen LogP contribution is -2.23. The van der Waals surface area contributed by atoms with Gasteiger partial charge in [-0.3, -0.25) is 9.59 Å². The van der Waals surface area contributed by atoms with E-state index < -0.39 is 5.25 Å². The van der Waals surface area contributed by atoms with Crippen LogP contribution in [-0.2, 0) is 4.79 Å². The normalized spacial score (nSPS) is 12.0. The summed E-state index contributed by atoms with van der Waals surface area (Å²) < 4.78 is 10.8. The van der Waals surface area contributed by atoms with E-state index in [9.17, 15) is 9.59 Å². The highest BCUT2D eigenvalue weighted by Crippen LogP contribution is 2.29. The number of furan rings is 1. The molecule has 0 aliphatic heterocycles. The molecule has 3 aromatic rings. The Morgan fingerprint density at radius 1 is 1.19 bits per heavy atom. The Hall–Kier alpha value is -2.87. The Bertz CT molecular complexity index is 947. The van der Waals surface area contributed by atoms with Crippen molar-refractivity contribution >= 4 is 29.1 Å². The molecular weight excluding hydrogens is 354 g/mol. The fourth-order valence-electron chi connectivity index (χ4n) is 2.31. The van der Waals surface area contributed by atoms with Crippen molar-refractivity contribution in [2.75, 3.05) is 5.32 Å². The number of hydrogen-bond acceptors (Lipinski definition) is 7. The molecule has 0 saturated heterocycles. The Kier molecular flexibility index (Phi) is 5.22. The molecule has 2 aromatic heterocycles. The molecule has 1 aromatic carbocycles. The first-order valence-corrected chi connectivity index (χ1v) is 8.79. The van der Waals surface area contributed by atoms with E-state index in [1.807, 2.05) is 0 Å². The minimum Gasteiger partial charge on any atom is -0.469 e. The average molecular weight is 371 g/mol. The van der Waals surface area contributed by atoms with Crippen LogP contribution in [0, 0.1) is 6.92 Å². The van der Waals surface area contributed by atoms with Crippen LogP contribution in [0.3, 0.4) is 0 Å². The maximum Gasteiger partial charge on any atom is 0.277 e. The number of amides is 1. The minimum atomic E-state index is -0.492. The zero-order valence-electron chi connectivity index (χ0n) is 14.5. The Labute approximate surface area is 154 Å². The molecule has 1 unspecified atom stereocenters. The quantitative estimate of drug-likeness (QED) is 0.517. The Morgan fingerprint density at radius 3 is 2.65 bits per heavy atom. The fourth-order valence-corrected chi connectivity index (χ4v) is 2.99. The minimum absolute atomic E-state index is 0.113. The number of para-hydroxylation sites is 1. The van der Waals surface area contributed by atoms with E-state index in [4.69, 9.17) is 8.83 Å². The van der Waals surface area contributed by atoms with Gasteiger partial charge in [-0.25, -0.2) is 0 Å². The smallest absolute Gasteiger partial charge is 0.277 e. The third-order valence-corrected chi connectivity index (χ3v) is 4.64. The molecule has 1 N–H and O–H groups in total. The molecule has 0 bridgehead atoms. The van der Waals surface area contributed by atoms with E-state index in [-0.39, 0.29) is 16.9 Å². The predicted octanol–water partition coefficient (Wildman–Crippen LogP) is 3.96. The first kappa shape index (κ1) is 17.9. The summed E-state index contributed by atoms with van der Waals surface area (Å²) in [6, 6.07) is 8.62. The summed E-state index contributed by atoms with van der Waals surface area (Å²) in [4.78, 5) is 24.1. The lowest BCUT2D eigenvalue weighted by atomic mass is 10.1. The van der Waals surface area contributed by atoms with Gasteiger partial charge in [0.2, 0.25) is 5.91 Å². The summed E-state index contributed by atoms with van der Waals surface area (Å²) in [5.41, 5.74) is 1.67. The molecule has 0 fully saturated rings. The van der Waals surface area contributed by atoms with Gasteiger partial charge in [0.1, 0.15) is 5.76 Å². The summed E-state index contributed by atoms with van der Waals surface area (Å²) in [7, 11) is 0. The maximum atomic E-state index is 12.4. The second-order valence-corrected chi connectivity index (χ2v) is 6.91. The van der Waals surface area contributed by atoms with Crippen LogP contribution in [0.4, 0.5) is 5.69 Å². The number of carbonyl (C=O) groups excluding carboxylic acids is 2. The summed E-state index contributed by atoms with van der Waals surface area (Å²) in [5, 5.41) is 10.5. The maximum absolute atomic E-state index is 12.4. The number of benzene rings is 1. The average Bonchev–Trinajstić information content (AvgIpc) is 3.23. The monoisotopic (exact) mass is 371 g/mol. The highest BCUT2D eigenvalue weighted by Gasteiger charge is 2.21. The highest BCUT2D eigenvalue weighted by atomic mass is 32.2. The lowest BCUT2D eigenvalue weighted by Gasteiger charge is -2.12. The number of Topliss-reactive ketones (excluding diaryl/α,β-unsaturated/α-hetero) is 1. The van der Waals surface area contributed by atoms with Crippen molar-refractivity contribution in [2.45, 2.75) is 31.2 Å². The lowest BCUT2D eigenvalue weighted by molar-refractivity contribution is -0.115. The van der Waals surface area contributed by atoms with E-state index in [0.717, 1.165) is 17.3 Å². The number of nitrogens with one attached hydrogen (secondary N) is 1. The Morgan fingerprint density at radius 2 is 1.96 bits per heavy atom. The number of aryl methyl sites for hydroxylation is 1. The largest absolute Gasteiger partial charge is 0.469 e. The molecule has 3 rings (SSSR count). The zero-order valence-corrected chi connectivity index (χ0v) is 15.3. The number of carbonyl (C=O) groups is 2. The van der Waals surface area contributed by atoms with Crippen LogP contribution in [0.2, 0.25) is 0 Å². The first-order valence-electron chi connectivity index (χ1n) is 7.91. The number of aromatic nitrogens is 2. The summed E-state index contributed by atoms with van der Waals surface area (Å²) in [6.07, 6.45) is 1.55. The van der Waals surface area contributed by atoms with Gasteiger partial charge in [0.15, 0.2) is 5.78 Å². The predicted molar refractivity (Wildman–Crippen MR) is 97.1 cm³/mol. The van der Waals surface area contributed by atoms with Gasteiger partial charge in [0, 0.05) is 5.56 Å². The SMILES string of the molecule is CC(=O)c1ccccc1NC(=O)C(C)Sc1nnc(-c2ccoc2C)o1. The Balaban J connectivity index is 1.68. The molecule has 7 nitrogen and oxygen atoms in total. The van der Waals surface area contributed by atoms with Crippen molar-refractivity contribution in [2.24, 2.45) is 0 Å². The number of hydrogen-bond donors (Lipinski definition) is 1. The summed E-state index contributed by atoms with van der Waals surface area (Å²) in [6.45, 7) is 4.99. The van der Waals surface area contributed by atoms with Crippen LogP contribution < -0.4 is 5.32 Å². The number of rotatable bonds is 6. The topological polar surface area (TPSA) is 98.2 Å². The molecule has 0 aliphatic rings. The van der Waals surface area contributed by atoms with Crippen LogP contribution in [0.1, 0.15) is 30.0 Å². The summed E-state index contributed by atoms with van der Waals surface area (Å²) >= 11 is 1.14. The van der Waals surface area contributed by atoms with Crippen molar-refractivity contribution < 1.29 is 18.4 Å². The second-order valence-electron chi connectivity index (χ2n) is 5.61. The van der Waals surface area contributed by atoms with Gasteiger partial charge in [0.05, 0.1) is 22.8 Å². The molecule has 0 aliphatic carbocycles. The number of nitrogens with zero attached hydrogens (tertiary/aromatic N) is 2. The molecule has 0 saturated carbocycles. The van der Waals surface area contributed by atoms with Crippen LogP contribution in [0.5, 0.6) is 0 Å². The molecule has 2 heterocycles. The molecule has 1 atom stereocenters. The van der Waals surface area contributed by atoms with Gasteiger partial charge in [-0.05, 0) is 39.0 Å². The van der Waals surface area contributed by atoms with Crippen LogP contribution in [-0.4, -0.2) is 27.1 Å². The van der Waals surface area contributed by atoms with Crippen molar-refractivity contribution in [3.05, 3.63) is 47.9 Å². The molecule has 1 amide bonds. The highest BCUT2D eigenvalue weighted by molar-refractivity contribution is 8.00. The third-order valence-electron chi connectivity index (χ3n) is 3.71. The number of ketones is 1. The zero-order chi connectivity index (χ0) is 18.7. The van der Waals surface area contributed by atoms with Crippen LogP contribution in [0.15, 0.2) is 50.7 Å². The van der Waals surface area contributed by atoms with Gasteiger partial charge >= 0.3 is 0 Å². The van der Waals surface area contributed by atoms with E-state index >= 15 is 0 Å². The molecule has 0 radical (unpaired) electrons. The van der Waals surface area contributed by atoms with E-state index in [0.29, 0.717) is 22.9 Å². The van der Waals surface area contributed by atoms with Crippen molar-refractivity contribution in [3.8, 4) is 11.5 Å². The van der Waals surface area contributed by atoms with Gasteiger partial charge in [-0.1, -0.05) is 23.9 Å². The van der Waals surface area contributed by atoms with E-state index in [2.05, 4.69) is 15.5 Å². The number of anilines is 1. The molecule has 26 heavy (non-hydrogen) atoms. The van der Waals surface area contributed by atoms with Gasteiger partial charge in [0.25, 0.3) is 11.1 Å². The standard InChI is InChI=1S/C18H17N3O4S/c1-10(22)13-6-4-5-7-15(13)19-16(23)12(3)26-18-21-20-17(25-18)14-8-9-24-11(14)2/h4-9,12H,1-3H3,(H,19,23). The second kappa shape index (κ2) is 7.57. The molecule has 134 valence electrons. The molecular formula is C18H17N3O4S. The molecule has 0 spiro atoms. The van der Waals surface area contributed by atoms with Crippen molar-refractivity contribution in [3.63, 3.8) is 0 Å². The van der Waals surface area contributed by atoms with E-state index in [1.54, 1.807) is 50.4 Å². The number of thioether (sulfide) groups is 1. The van der Waals surface area contributed by atoms with Crippen LogP contribution >= 0.6 is 11.8 Å². The van der Waals surface area contributed by atoms with Gasteiger partial charge in [-0.2, -0.15) is 0 Å². The van der Waals surface area contributed by atoms with Crippen molar-refractivity contribution in [1.82, 2.24) is 10.2 Å². The van der Waals surface area contributed by atoms with Gasteiger partial charge < -0.3 is 14.2 Å². The summed E-state index contributed by atoms with van der Waals surface area (Å²) in [5.74, 6) is 0.645. The van der Waals surface area contributed by atoms with Crippen molar-refractivity contribution in [1.29, 1.82) is 0 Å². The first-order chi connectivity index (χ1) is 12.5. The fraction of sp³-hybridized carbons (Fsp3) is 0.222. The van der Waals surface area contributed by atoms with E-state index in [1.165, 1.54) is 6.92 Å². The molecule has 8 heteroatoms. The van der Waals surface area contributed by atoms with Gasteiger partial charge in [-0.15, -0.1) is 10.2 Å².